The Kier molecular flexibility index (Phi) is 5.43. The number of benzene rings is 3. The van der Waals surface area contributed by atoms with Crippen molar-refractivity contribution in [1.82, 2.24) is 4.90 Å². The van der Waals surface area contributed by atoms with Gasteiger partial charge in [-0.15, -0.1) is 0 Å². The van der Waals surface area contributed by atoms with E-state index in [9.17, 15) is 0 Å². The molecule has 0 saturated carbocycles. The minimum absolute atomic E-state index is 0.272. The second-order valence-electron chi connectivity index (χ2n) is 8.11. The van der Waals surface area contributed by atoms with Gasteiger partial charge in [-0.1, -0.05) is 36.4 Å². The van der Waals surface area contributed by atoms with Gasteiger partial charge in [-0.2, -0.15) is 0 Å². The fourth-order valence-electron chi connectivity index (χ4n) is 4.40. The summed E-state index contributed by atoms with van der Waals surface area (Å²) in [6.07, 6.45) is 1.90. The fourth-order valence-corrected chi connectivity index (χ4v) is 4.40. The molecule has 0 saturated heterocycles. The van der Waals surface area contributed by atoms with Crippen LogP contribution in [-0.2, 0) is 19.4 Å². The summed E-state index contributed by atoms with van der Waals surface area (Å²) in [5, 5.41) is 0. The van der Waals surface area contributed by atoms with Gasteiger partial charge < -0.3 is 18.9 Å². The molecular formula is C26H27NO4. The highest BCUT2D eigenvalue weighted by Crippen LogP contribution is 2.41. The number of hydrogen-bond acceptors (Lipinski definition) is 5. The third kappa shape index (κ3) is 4.06. The number of rotatable bonds is 6. The van der Waals surface area contributed by atoms with Crippen molar-refractivity contribution in [3.8, 4) is 23.0 Å². The lowest BCUT2D eigenvalue weighted by Crippen LogP contribution is -2.33. The van der Waals surface area contributed by atoms with E-state index < -0.39 is 0 Å². The van der Waals surface area contributed by atoms with E-state index >= 15 is 0 Å². The molecule has 31 heavy (non-hydrogen) atoms. The second-order valence-corrected chi connectivity index (χ2v) is 8.11. The van der Waals surface area contributed by atoms with Crippen LogP contribution in [0.5, 0.6) is 23.0 Å². The Morgan fingerprint density at radius 3 is 2.55 bits per heavy atom. The first kappa shape index (κ1) is 19.8. The quantitative estimate of drug-likeness (QED) is 0.578. The summed E-state index contributed by atoms with van der Waals surface area (Å²) in [7, 11) is 3.87. The smallest absolute Gasteiger partial charge is 0.231 e. The van der Waals surface area contributed by atoms with Crippen LogP contribution < -0.4 is 18.9 Å². The highest BCUT2D eigenvalue weighted by molar-refractivity contribution is 5.51. The Balaban J connectivity index is 1.40. The first-order valence-electron chi connectivity index (χ1n) is 10.7. The molecule has 0 fully saturated rings. The maximum Gasteiger partial charge on any atom is 0.231 e. The molecule has 5 rings (SSSR count). The molecule has 0 N–H and O–H groups in total. The average molecular weight is 418 g/mol. The minimum Gasteiger partial charge on any atom is -0.493 e. The zero-order valence-electron chi connectivity index (χ0n) is 18.0. The summed E-state index contributed by atoms with van der Waals surface area (Å²) < 4.78 is 22.9. The van der Waals surface area contributed by atoms with Crippen molar-refractivity contribution in [3.05, 3.63) is 82.9 Å². The van der Waals surface area contributed by atoms with Crippen molar-refractivity contribution in [1.29, 1.82) is 0 Å². The fraction of sp³-hybridized carbons (Fsp3) is 0.308. The summed E-state index contributed by atoms with van der Waals surface area (Å²) in [6.45, 7) is 1.83. The normalized spacial score (nSPS) is 17.3. The molecule has 0 spiro atoms. The molecule has 0 bridgehead atoms. The van der Waals surface area contributed by atoms with Crippen LogP contribution in [0.2, 0.25) is 0 Å². The molecule has 3 aromatic carbocycles. The monoisotopic (exact) mass is 417 g/mol. The first-order chi connectivity index (χ1) is 15.2. The molecule has 3 aromatic rings. The predicted molar refractivity (Wildman–Crippen MR) is 119 cm³/mol. The molecule has 0 radical (unpaired) electrons. The van der Waals surface area contributed by atoms with Gasteiger partial charge in [0.2, 0.25) is 6.79 Å². The van der Waals surface area contributed by atoms with Gasteiger partial charge in [0.25, 0.3) is 0 Å². The van der Waals surface area contributed by atoms with Crippen LogP contribution in [0, 0.1) is 0 Å². The molecular weight excluding hydrogens is 390 g/mol. The average Bonchev–Trinajstić information content (AvgIpc) is 3.26. The van der Waals surface area contributed by atoms with Crippen LogP contribution >= 0.6 is 0 Å². The van der Waals surface area contributed by atoms with E-state index in [4.69, 9.17) is 18.9 Å². The summed E-state index contributed by atoms with van der Waals surface area (Å²) in [4.78, 5) is 2.42. The summed E-state index contributed by atoms with van der Waals surface area (Å²) >= 11 is 0. The molecule has 2 heterocycles. The van der Waals surface area contributed by atoms with Gasteiger partial charge in [0.15, 0.2) is 23.0 Å². The van der Waals surface area contributed by atoms with E-state index in [1.165, 1.54) is 16.7 Å². The lowest BCUT2D eigenvalue weighted by Gasteiger charge is -2.35. The van der Waals surface area contributed by atoms with Gasteiger partial charge in [0.1, 0.15) is 6.61 Å². The first-order valence-corrected chi connectivity index (χ1v) is 10.7. The van der Waals surface area contributed by atoms with E-state index in [1.54, 1.807) is 7.11 Å². The van der Waals surface area contributed by atoms with Crippen LogP contribution in [0.3, 0.4) is 0 Å². The Morgan fingerprint density at radius 1 is 0.935 bits per heavy atom. The van der Waals surface area contributed by atoms with Crippen molar-refractivity contribution in [3.63, 3.8) is 0 Å². The maximum atomic E-state index is 6.13. The molecule has 2 aliphatic rings. The van der Waals surface area contributed by atoms with Crippen LogP contribution in [-0.4, -0.2) is 32.4 Å². The van der Waals surface area contributed by atoms with Crippen LogP contribution in [0.15, 0.2) is 60.7 Å². The van der Waals surface area contributed by atoms with Gasteiger partial charge in [-0.05, 0) is 66.4 Å². The van der Waals surface area contributed by atoms with Gasteiger partial charge in [0.05, 0.1) is 7.11 Å². The predicted octanol–water partition coefficient (Wildman–Crippen LogP) is 4.77. The number of methoxy groups -OCH3 is 1. The van der Waals surface area contributed by atoms with Gasteiger partial charge >= 0.3 is 0 Å². The van der Waals surface area contributed by atoms with Crippen molar-refractivity contribution >= 4 is 0 Å². The highest BCUT2D eigenvalue weighted by atomic mass is 16.7. The zero-order valence-corrected chi connectivity index (χ0v) is 18.0. The van der Waals surface area contributed by atoms with Crippen molar-refractivity contribution in [2.75, 3.05) is 27.5 Å². The van der Waals surface area contributed by atoms with E-state index in [0.717, 1.165) is 47.9 Å². The van der Waals surface area contributed by atoms with Crippen LogP contribution in [0.25, 0.3) is 0 Å². The van der Waals surface area contributed by atoms with Crippen LogP contribution in [0.4, 0.5) is 0 Å². The molecule has 1 atom stereocenters. The van der Waals surface area contributed by atoms with Crippen LogP contribution in [0.1, 0.15) is 28.3 Å². The van der Waals surface area contributed by atoms with E-state index in [2.05, 4.69) is 48.3 Å². The second kappa shape index (κ2) is 8.52. The molecule has 0 amide bonds. The zero-order chi connectivity index (χ0) is 21.2. The Bertz CT molecular complexity index is 1070. The maximum absolute atomic E-state index is 6.13. The third-order valence-corrected chi connectivity index (χ3v) is 6.15. The minimum atomic E-state index is 0.272. The lowest BCUT2D eigenvalue weighted by atomic mass is 9.88. The summed E-state index contributed by atoms with van der Waals surface area (Å²) in [5.41, 5.74) is 5.01. The number of hydrogen-bond donors (Lipinski definition) is 0. The summed E-state index contributed by atoms with van der Waals surface area (Å²) in [5.74, 6) is 3.23. The van der Waals surface area contributed by atoms with E-state index in [0.29, 0.717) is 13.4 Å². The Labute approximate surface area is 183 Å². The molecule has 5 heteroatoms. The van der Waals surface area contributed by atoms with Crippen molar-refractivity contribution < 1.29 is 18.9 Å². The molecule has 1 unspecified atom stereocenters. The highest BCUT2D eigenvalue weighted by Gasteiger charge is 2.28. The number of likely N-dealkylation sites (N-methyl/N-ethyl adjacent to an activating group) is 1. The van der Waals surface area contributed by atoms with Crippen molar-refractivity contribution in [2.24, 2.45) is 0 Å². The van der Waals surface area contributed by atoms with Gasteiger partial charge in [-0.25, -0.2) is 0 Å². The SMILES string of the molecule is COc1ccc(CC2c3cc4c(cc3CCN2C)OCO4)cc1OCc1ccccc1. The number of nitrogens with zero attached hydrogens (tertiary/aromatic N) is 1. The number of fused-ring (bicyclic) bond motifs is 2. The molecule has 0 aromatic heterocycles. The van der Waals surface area contributed by atoms with E-state index in [-0.39, 0.29) is 6.04 Å². The summed E-state index contributed by atoms with van der Waals surface area (Å²) in [6, 6.07) is 21.0. The third-order valence-electron chi connectivity index (χ3n) is 6.15. The standard InChI is InChI=1S/C26H27NO4/c1-27-11-10-20-14-25-26(31-17-30-25)15-21(20)22(27)12-19-8-9-23(28-2)24(13-19)29-16-18-6-4-3-5-7-18/h3-9,13-15,22H,10-12,16-17H2,1-2H3. The van der Waals surface area contributed by atoms with Gasteiger partial charge in [-0.3, -0.25) is 4.90 Å². The molecule has 5 nitrogen and oxygen atoms in total. The largest absolute Gasteiger partial charge is 0.493 e. The Morgan fingerprint density at radius 2 is 1.74 bits per heavy atom. The molecule has 160 valence electrons. The lowest BCUT2D eigenvalue weighted by molar-refractivity contribution is 0.174. The van der Waals surface area contributed by atoms with Gasteiger partial charge in [0, 0.05) is 12.6 Å². The Hall–Kier alpha value is -3.18. The molecule has 0 aliphatic carbocycles. The van der Waals surface area contributed by atoms with Crippen molar-refractivity contribution in [2.45, 2.75) is 25.5 Å². The van der Waals surface area contributed by atoms with E-state index in [1.807, 2.05) is 24.3 Å². The molecule has 2 aliphatic heterocycles. The topological polar surface area (TPSA) is 40.2 Å². The number of ether oxygens (including phenoxy) is 4.